The number of nitrogens with zero attached hydrogens (tertiary/aromatic N) is 2. The number of amides is 3. The number of imide groups is 1. The van der Waals surface area contributed by atoms with Crippen LogP contribution in [0.4, 0.5) is 0 Å². The average molecular weight is 399 g/mol. The van der Waals surface area contributed by atoms with Gasteiger partial charge in [0.1, 0.15) is 17.9 Å². The van der Waals surface area contributed by atoms with Crippen LogP contribution in [0.25, 0.3) is 0 Å². The van der Waals surface area contributed by atoms with Crippen molar-refractivity contribution in [2.24, 2.45) is 0 Å². The summed E-state index contributed by atoms with van der Waals surface area (Å²) in [6.45, 7) is 6.89. The molecular formula is C22H29N3O4. The van der Waals surface area contributed by atoms with Crippen LogP contribution in [0.15, 0.2) is 18.2 Å². The molecule has 0 aromatic heterocycles. The van der Waals surface area contributed by atoms with Gasteiger partial charge in [0.25, 0.3) is 5.91 Å². The summed E-state index contributed by atoms with van der Waals surface area (Å²) in [5.74, 6) is -0.0319. The highest BCUT2D eigenvalue weighted by Crippen LogP contribution is 2.31. The van der Waals surface area contributed by atoms with Crippen LogP contribution in [0.2, 0.25) is 0 Å². The molecule has 1 aromatic carbocycles. The Morgan fingerprint density at radius 3 is 2.83 bits per heavy atom. The fourth-order valence-electron chi connectivity index (χ4n) is 4.54. The first-order chi connectivity index (χ1) is 14.0. The monoisotopic (exact) mass is 399 g/mol. The van der Waals surface area contributed by atoms with Gasteiger partial charge in [-0.15, -0.1) is 0 Å². The molecule has 1 aromatic rings. The van der Waals surface area contributed by atoms with Crippen LogP contribution in [0.3, 0.4) is 0 Å². The van der Waals surface area contributed by atoms with Crippen molar-refractivity contribution in [1.29, 1.82) is 0 Å². The molecule has 0 saturated carbocycles. The lowest BCUT2D eigenvalue weighted by Gasteiger charge is -2.36. The molecule has 2 fully saturated rings. The van der Waals surface area contributed by atoms with Crippen molar-refractivity contribution in [3.63, 3.8) is 0 Å². The predicted octanol–water partition coefficient (Wildman–Crippen LogP) is 2.09. The van der Waals surface area contributed by atoms with Crippen molar-refractivity contribution in [2.45, 2.75) is 70.7 Å². The second-order valence-electron chi connectivity index (χ2n) is 8.35. The molecule has 3 aliphatic heterocycles. The van der Waals surface area contributed by atoms with Crippen LogP contribution in [-0.4, -0.2) is 58.8 Å². The lowest BCUT2D eigenvalue weighted by Crippen LogP contribution is -2.52. The second-order valence-corrected chi connectivity index (χ2v) is 8.35. The van der Waals surface area contributed by atoms with Crippen molar-refractivity contribution in [2.75, 3.05) is 13.1 Å². The summed E-state index contributed by atoms with van der Waals surface area (Å²) in [6, 6.07) is 5.56. The van der Waals surface area contributed by atoms with E-state index in [4.69, 9.17) is 4.74 Å². The molecule has 7 nitrogen and oxygen atoms in total. The van der Waals surface area contributed by atoms with Gasteiger partial charge in [-0.3, -0.25) is 24.6 Å². The van der Waals surface area contributed by atoms with Gasteiger partial charge in [-0.05, 0) is 62.9 Å². The Hall–Kier alpha value is -2.41. The van der Waals surface area contributed by atoms with Gasteiger partial charge in [0.2, 0.25) is 11.8 Å². The molecular weight excluding hydrogens is 370 g/mol. The SMILES string of the molecule is CC[C@@H](C)N1CCCC(Oc2ccc3c(c2)CN(C2CCC(=O)NC2=O)C3=O)C1. The molecule has 3 heterocycles. The van der Waals surface area contributed by atoms with E-state index in [1.807, 2.05) is 12.1 Å². The Balaban J connectivity index is 1.44. The molecule has 4 rings (SSSR count). The molecule has 0 spiro atoms. The van der Waals surface area contributed by atoms with Gasteiger partial charge in [-0.25, -0.2) is 0 Å². The first kappa shape index (κ1) is 19.9. The molecule has 0 radical (unpaired) electrons. The zero-order valence-electron chi connectivity index (χ0n) is 17.1. The van der Waals surface area contributed by atoms with Gasteiger partial charge in [-0.2, -0.15) is 0 Å². The number of fused-ring (bicyclic) bond motifs is 1. The zero-order valence-corrected chi connectivity index (χ0v) is 17.1. The molecule has 7 heteroatoms. The number of rotatable bonds is 5. The number of likely N-dealkylation sites (tertiary alicyclic amines) is 1. The van der Waals surface area contributed by atoms with Crippen molar-refractivity contribution >= 4 is 17.7 Å². The van der Waals surface area contributed by atoms with Crippen LogP contribution in [-0.2, 0) is 16.1 Å². The predicted molar refractivity (Wildman–Crippen MR) is 107 cm³/mol. The maximum atomic E-state index is 12.8. The fourth-order valence-corrected chi connectivity index (χ4v) is 4.54. The quantitative estimate of drug-likeness (QED) is 0.767. The maximum Gasteiger partial charge on any atom is 0.255 e. The van der Waals surface area contributed by atoms with Gasteiger partial charge in [0.05, 0.1) is 0 Å². The van der Waals surface area contributed by atoms with E-state index < -0.39 is 6.04 Å². The van der Waals surface area contributed by atoms with Gasteiger partial charge >= 0.3 is 0 Å². The third kappa shape index (κ3) is 4.01. The molecule has 29 heavy (non-hydrogen) atoms. The topological polar surface area (TPSA) is 79.0 Å². The molecule has 2 saturated heterocycles. The molecule has 0 aliphatic carbocycles. The summed E-state index contributed by atoms with van der Waals surface area (Å²) in [5, 5.41) is 2.34. The molecule has 3 aliphatic rings. The number of ether oxygens (including phenoxy) is 1. The first-order valence-electron chi connectivity index (χ1n) is 10.6. The molecule has 156 valence electrons. The first-order valence-corrected chi connectivity index (χ1v) is 10.6. The summed E-state index contributed by atoms with van der Waals surface area (Å²) in [7, 11) is 0. The van der Waals surface area contributed by atoms with E-state index in [0.29, 0.717) is 24.6 Å². The minimum atomic E-state index is -0.584. The third-order valence-electron chi connectivity index (χ3n) is 6.42. The van der Waals surface area contributed by atoms with E-state index in [1.165, 1.54) is 0 Å². The smallest absolute Gasteiger partial charge is 0.255 e. The molecule has 0 bridgehead atoms. The van der Waals surface area contributed by atoms with Crippen LogP contribution in [0, 0.1) is 0 Å². The zero-order chi connectivity index (χ0) is 20.5. The van der Waals surface area contributed by atoms with Crippen LogP contribution < -0.4 is 10.1 Å². The van der Waals surface area contributed by atoms with Crippen molar-refractivity contribution in [1.82, 2.24) is 15.1 Å². The second kappa shape index (κ2) is 8.14. The van der Waals surface area contributed by atoms with Gasteiger partial charge in [-0.1, -0.05) is 6.92 Å². The lowest BCUT2D eigenvalue weighted by molar-refractivity contribution is -0.136. The number of nitrogens with one attached hydrogen (secondary N) is 1. The van der Waals surface area contributed by atoms with E-state index in [1.54, 1.807) is 11.0 Å². The normalized spacial score (nSPS) is 26.3. The van der Waals surface area contributed by atoms with Crippen molar-refractivity contribution in [3.8, 4) is 5.75 Å². The maximum absolute atomic E-state index is 12.8. The molecule has 3 amide bonds. The lowest BCUT2D eigenvalue weighted by atomic mass is 10.0. The molecule has 3 atom stereocenters. The number of piperidine rings is 2. The fraction of sp³-hybridized carbons (Fsp3) is 0.591. The number of benzene rings is 1. The Morgan fingerprint density at radius 1 is 1.24 bits per heavy atom. The number of carbonyl (C=O) groups excluding carboxylic acids is 3. The van der Waals surface area contributed by atoms with Crippen molar-refractivity contribution < 1.29 is 19.1 Å². The summed E-state index contributed by atoms with van der Waals surface area (Å²) >= 11 is 0. The van der Waals surface area contributed by atoms with Crippen LogP contribution in [0.5, 0.6) is 5.75 Å². The number of hydrogen-bond donors (Lipinski definition) is 1. The highest BCUT2D eigenvalue weighted by Gasteiger charge is 2.39. The molecule has 1 N–H and O–H groups in total. The van der Waals surface area contributed by atoms with Gasteiger partial charge in [0.15, 0.2) is 0 Å². The van der Waals surface area contributed by atoms with E-state index in [2.05, 4.69) is 24.1 Å². The average Bonchev–Trinajstić information content (AvgIpc) is 3.03. The van der Waals surface area contributed by atoms with Crippen molar-refractivity contribution in [3.05, 3.63) is 29.3 Å². The summed E-state index contributed by atoms with van der Waals surface area (Å²) in [4.78, 5) is 40.4. The largest absolute Gasteiger partial charge is 0.489 e. The third-order valence-corrected chi connectivity index (χ3v) is 6.42. The Morgan fingerprint density at radius 2 is 2.07 bits per heavy atom. The van der Waals surface area contributed by atoms with E-state index in [9.17, 15) is 14.4 Å². The Labute approximate surface area is 171 Å². The minimum absolute atomic E-state index is 0.151. The van der Waals surface area contributed by atoms with Gasteiger partial charge in [0, 0.05) is 31.1 Å². The van der Waals surface area contributed by atoms with E-state index >= 15 is 0 Å². The highest BCUT2D eigenvalue weighted by atomic mass is 16.5. The Bertz CT molecular complexity index is 824. The summed E-state index contributed by atoms with van der Waals surface area (Å²) in [5.41, 5.74) is 1.50. The standard InChI is InChI=1S/C22H29N3O4/c1-3-14(2)24-10-4-5-17(13-24)29-16-6-7-18-15(11-16)12-25(22(18)28)19-8-9-20(26)23-21(19)27/h6-7,11,14,17,19H,3-5,8-10,12-13H2,1-2H3,(H,23,26,27)/t14-,17?,19?/m1/s1. The number of hydrogen-bond acceptors (Lipinski definition) is 5. The van der Waals surface area contributed by atoms with E-state index in [0.717, 1.165) is 43.7 Å². The van der Waals surface area contributed by atoms with Crippen LogP contribution in [0.1, 0.15) is 61.9 Å². The van der Waals surface area contributed by atoms with Crippen LogP contribution >= 0.6 is 0 Å². The highest BCUT2D eigenvalue weighted by molar-refractivity contribution is 6.05. The molecule has 2 unspecified atom stereocenters. The number of carbonyl (C=O) groups is 3. The van der Waals surface area contributed by atoms with E-state index in [-0.39, 0.29) is 30.2 Å². The minimum Gasteiger partial charge on any atom is -0.489 e. The van der Waals surface area contributed by atoms with Gasteiger partial charge < -0.3 is 9.64 Å². The summed E-state index contributed by atoms with van der Waals surface area (Å²) in [6.07, 6.45) is 4.08. The Kier molecular flexibility index (Phi) is 5.58. The summed E-state index contributed by atoms with van der Waals surface area (Å²) < 4.78 is 6.26.